The molecule has 0 aliphatic heterocycles. The highest BCUT2D eigenvalue weighted by molar-refractivity contribution is 7.89. The van der Waals surface area contributed by atoms with Crippen molar-refractivity contribution in [3.63, 3.8) is 0 Å². The van der Waals surface area contributed by atoms with Gasteiger partial charge in [-0.15, -0.1) is 0 Å². The number of nitrogens with zero attached hydrogens (tertiary/aromatic N) is 1. The monoisotopic (exact) mass is 404 g/mol. The van der Waals surface area contributed by atoms with Gasteiger partial charge in [-0.3, -0.25) is 4.79 Å². The molecule has 1 N–H and O–H groups in total. The van der Waals surface area contributed by atoms with Crippen molar-refractivity contribution < 1.29 is 17.6 Å². The largest absolute Gasteiger partial charge is 0.325 e. The fraction of sp³-hybridized carbons (Fsp3) is 0.381. The number of anilines is 1. The van der Waals surface area contributed by atoms with Gasteiger partial charge in [0.25, 0.3) is 0 Å². The summed E-state index contributed by atoms with van der Waals surface area (Å²) in [6.07, 6.45) is 4.37. The van der Waals surface area contributed by atoms with Crippen LogP contribution in [0, 0.1) is 12.7 Å². The van der Waals surface area contributed by atoms with Crippen LogP contribution >= 0.6 is 0 Å². The standard InChI is InChI=1S/C21H25FN2O3S/c1-16-7-5-6-10-20(16)23-21(25)15-24(18-8-3-2-4-9-18)28(26,27)19-13-11-17(22)12-14-19/h5-7,10-14,18H,2-4,8-9,15H2,1H3,(H,23,25). The van der Waals surface area contributed by atoms with Gasteiger partial charge in [0.1, 0.15) is 5.82 Å². The van der Waals surface area contributed by atoms with Gasteiger partial charge < -0.3 is 5.32 Å². The molecule has 28 heavy (non-hydrogen) atoms. The maximum absolute atomic E-state index is 13.2. The van der Waals surface area contributed by atoms with E-state index in [2.05, 4.69) is 5.32 Å². The number of hydrogen-bond donors (Lipinski definition) is 1. The lowest BCUT2D eigenvalue weighted by molar-refractivity contribution is -0.116. The van der Waals surface area contributed by atoms with Crippen LogP contribution in [0.25, 0.3) is 0 Å². The Hall–Kier alpha value is -2.25. The quantitative estimate of drug-likeness (QED) is 0.788. The van der Waals surface area contributed by atoms with Crippen LogP contribution in [0.4, 0.5) is 10.1 Å². The van der Waals surface area contributed by atoms with Crippen molar-refractivity contribution in [2.75, 3.05) is 11.9 Å². The minimum Gasteiger partial charge on any atom is -0.325 e. The molecule has 1 amide bonds. The van der Waals surface area contributed by atoms with Gasteiger partial charge in [0.2, 0.25) is 15.9 Å². The Labute approximate surface area is 165 Å². The SMILES string of the molecule is Cc1ccccc1NC(=O)CN(C1CCCCC1)S(=O)(=O)c1ccc(F)cc1. The van der Waals surface area contributed by atoms with E-state index in [9.17, 15) is 17.6 Å². The molecule has 2 aromatic carbocycles. The Morgan fingerprint density at radius 3 is 2.36 bits per heavy atom. The first-order chi connectivity index (χ1) is 13.4. The van der Waals surface area contributed by atoms with Gasteiger partial charge in [0.15, 0.2) is 0 Å². The molecule has 0 atom stereocenters. The number of carbonyl (C=O) groups excluding carboxylic acids is 1. The van der Waals surface area contributed by atoms with Crippen LogP contribution in [-0.2, 0) is 14.8 Å². The van der Waals surface area contributed by atoms with E-state index in [1.807, 2.05) is 25.1 Å². The van der Waals surface area contributed by atoms with E-state index in [0.29, 0.717) is 5.69 Å². The number of benzene rings is 2. The van der Waals surface area contributed by atoms with Crippen LogP contribution in [0.1, 0.15) is 37.7 Å². The van der Waals surface area contributed by atoms with Gasteiger partial charge >= 0.3 is 0 Å². The molecule has 0 saturated heterocycles. The maximum atomic E-state index is 13.2. The normalized spacial score (nSPS) is 15.5. The Morgan fingerprint density at radius 1 is 1.07 bits per heavy atom. The molecule has 3 rings (SSSR count). The van der Waals surface area contributed by atoms with E-state index >= 15 is 0 Å². The Bertz CT molecular complexity index is 923. The molecule has 1 saturated carbocycles. The van der Waals surface area contributed by atoms with Crippen LogP contribution in [0.15, 0.2) is 53.4 Å². The molecule has 2 aromatic rings. The molecule has 1 aliphatic carbocycles. The number of sulfonamides is 1. The van der Waals surface area contributed by atoms with E-state index in [-0.39, 0.29) is 23.4 Å². The molecule has 0 spiro atoms. The fourth-order valence-corrected chi connectivity index (χ4v) is 5.21. The number of para-hydroxylation sites is 1. The second-order valence-corrected chi connectivity index (χ2v) is 9.05. The maximum Gasteiger partial charge on any atom is 0.243 e. The Balaban J connectivity index is 1.85. The third-order valence-electron chi connectivity index (χ3n) is 5.12. The van der Waals surface area contributed by atoms with Crippen molar-refractivity contribution >= 4 is 21.6 Å². The average Bonchev–Trinajstić information content (AvgIpc) is 2.69. The van der Waals surface area contributed by atoms with Crippen LogP contribution in [0.2, 0.25) is 0 Å². The van der Waals surface area contributed by atoms with E-state index in [1.165, 1.54) is 16.4 Å². The second-order valence-electron chi connectivity index (χ2n) is 7.16. The molecule has 1 fully saturated rings. The van der Waals surface area contributed by atoms with Crippen molar-refractivity contribution in [2.24, 2.45) is 0 Å². The predicted molar refractivity (Wildman–Crippen MR) is 107 cm³/mol. The van der Waals surface area contributed by atoms with Crippen LogP contribution < -0.4 is 5.32 Å². The summed E-state index contributed by atoms with van der Waals surface area (Å²) < 4.78 is 41.0. The number of amides is 1. The fourth-order valence-electron chi connectivity index (χ4n) is 3.57. The topological polar surface area (TPSA) is 66.5 Å². The zero-order valence-corrected chi connectivity index (χ0v) is 16.7. The summed E-state index contributed by atoms with van der Waals surface area (Å²) in [6.45, 7) is 1.61. The number of carbonyl (C=O) groups is 1. The Kier molecular flexibility index (Phi) is 6.46. The predicted octanol–water partition coefficient (Wildman–Crippen LogP) is 4.10. The van der Waals surface area contributed by atoms with Crippen molar-refractivity contribution in [3.8, 4) is 0 Å². The lowest BCUT2D eigenvalue weighted by Gasteiger charge is -2.33. The third-order valence-corrected chi connectivity index (χ3v) is 7.03. The first kappa shape index (κ1) is 20.5. The Morgan fingerprint density at radius 2 is 1.71 bits per heavy atom. The van der Waals surface area contributed by atoms with Gasteiger partial charge in [-0.1, -0.05) is 37.5 Å². The molecule has 7 heteroatoms. The molecule has 150 valence electrons. The lowest BCUT2D eigenvalue weighted by Crippen LogP contribution is -2.45. The summed E-state index contributed by atoms with van der Waals surface area (Å²) in [7, 11) is -3.91. The molecule has 5 nitrogen and oxygen atoms in total. The van der Waals surface area contributed by atoms with Crippen LogP contribution in [-0.4, -0.2) is 31.2 Å². The third kappa shape index (κ3) is 4.77. The molecular weight excluding hydrogens is 379 g/mol. The van der Waals surface area contributed by atoms with E-state index in [1.54, 1.807) is 6.07 Å². The van der Waals surface area contributed by atoms with Gasteiger partial charge in [-0.2, -0.15) is 4.31 Å². The van der Waals surface area contributed by atoms with E-state index in [0.717, 1.165) is 49.8 Å². The number of rotatable bonds is 6. The van der Waals surface area contributed by atoms with Gasteiger partial charge in [0.05, 0.1) is 11.4 Å². The highest BCUT2D eigenvalue weighted by Gasteiger charge is 2.34. The van der Waals surface area contributed by atoms with Gasteiger partial charge in [0, 0.05) is 11.7 Å². The molecule has 0 aromatic heterocycles. The summed E-state index contributed by atoms with van der Waals surface area (Å²) in [6, 6.07) is 11.9. The minimum absolute atomic E-state index is 0.00293. The number of aryl methyl sites for hydroxylation is 1. The molecule has 0 radical (unpaired) electrons. The molecular formula is C21H25FN2O3S. The van der Waals surface area contributed by atoms with Crippen molar-refractivity contribution in [2.45, 2.75) is 50.0 Å². The van der Waals surface area contributed by atoms with Gasteiger partial charge in [-0.05, 0) is 55.7 Å². The second kappa shape index (κ2) is 8.84. The zero-order chi connectivity index (χ0) is 20.1. The molecule has 0 heterocycles. The van der Waals surface area contributed by atoms with Gasteiger partial charge in [-0.25, -0.2) is 12.8 Å². The van der Waals surface area contributed by atoms with Crippen LogP contribution in [0.3, 0.4) is 0 Å². The summed E-state index contributed by atoms with van der Waals surface area (Å²) >= 11 is 0. The summed E-state index contributed by atoms with van der Waals surface area (Å²) in [5, 5.41) is 2.81. The van der Waals surface area contributed by atoms with Crippen LogP contribution in [0.5, 0.6) is 0 Å². The lowest BCUT2D eigenvalue weighted by atomic mass is 9.95. The van der Waals surface area contributed by atoms with Crippen molar-refractivity contribution in [1.82, 2.24) is 4.31 Å². The molecule has 1 aliphatic rings. The summed E-state index contributed by atoms with van der Waals surface area (Å²) in [5.41, 5.74) is 1.57. The number of nitrogens with one attached hydrogen (secondary N) is 1. The van der Waals surface area contributed by atoms with E-state index in [4.69, 9.17) is 0 Å². The highest BCUT2D eigenvalue weighted by atomic mass is 32.2. The minimum atomic E-state index is -3.91. The first-order valence-corrected chi connectivity index (χ1v) is 10.9. The number of hydrogen-bond acceptors (Lipinski definition) is 3. The highest BCUT2D eigenvalue weighted by Crippen LogP contribution is 2.28. The number of halogens is 1. The summed E-state index contributed by atoms with van der Waals surface area (Å²) in [4.78, 5) is 12.7. The van der Waals surface area contributed by atoms with E-state index < -0.39 is 15.8 Å². The first-order valence-electron chi connectivity index (χ1n) is 9.51. The van der Waals surface area contributed by atoms with Crippen molar-refractivity contribution in [1.29, 1.82) is 0 Å². The molecule has 0 unspecified atom stereocenters. The molecule has 0 bridgehead atoms. The zero-order valence-electron chi connectivity index (χ0n) is 15.9. The average molecular weight is 405 g/mol. The van der Waals surface area contributed by atoms with Crippen molar-refractivity contribution in [3.05, 3.63) is 59.9 Å². The summed E-state index contributed by atoms with van der Waals surface area (Å²) in [5.74, 6) is -0.883. The smallest absolute Gasteiger partial charge is 0.243 e.